The summed E-state index contributed by atoms with van der Waals surface area (Å²) in [7, 11) is 0. The van der Waals surface area contributed by atoms with Crippen molar-refractivity contribution in [2.75, 3.05) is 0 Å². The van der Waals surface area contributed by atoms with Crippen molar-refractivity contribution in [3.05, 3.63) is 94.5 Å². The SMILES string of the molecule is O=c1c2ccccc2c(-c2nc(-c3ccc(C(F)(F)F)cc3)no2)nn1-c1ccc(F)cc1. The Hall–Kier alpha value is -4.34. The lowest BCUT2D eigenvalue weighted by Gasteiger charge is -2.09. The van der Waals surface area contributed by atoms with Gasteiger partial charge in [-0.1, -0.05) is 35.5 Å². The van der Waals surface area contributed by atoms with Gasteiger partial charge in [0.1, 0.15) is 5.82 Å². The van der Waals surface area contributed by atoms with E-state index in [0.717, 1.165) is 16.8 Å². The number of alkyl halides is 3. The van der Waals surface area contributed by atoms with Crippen LogP contribution in [0.2, 0.25) is 0 Å². The summed E-state index contributed by atoms with van der Waals surface area (Å²) in [6.07, 6.45) is -4.46. The Morgan fingerprint density at radius 3 is 2.18 bits per heavy atom. The summed E-state index contributed by atoms with van der Waals surface area (Å²) in [6, 6.07) is 16.2. The fourth-order valence-corrected chi connectivity index (χ4v) is 3.35. The van der Waals surface area contributed by atoms with Crippen LogP contribution in [0.4, 0.5) is 17.6 Å². The Morgan fingerprint density at radius 1 is 0.848 bits per heavy atom. The molecule has 0 fully saturated rings. The van der Waals surface area contributed by atoms with E-state index in [2.05, 4.69) is 15.2 Å². The van der Waals surface area contributed by atoms with E-state index in [1.807, 2.05) is 0 Å². The third-order valence-corrected chi connectivity index (χ3v) is 4.98. The molecule has 2 heterocycles. The molecule has 6 nitrogen and oxygen atoms in total. The highest BCUT2D eigenvalue weighted by atomic mass is 19.4. The van der Waals surface area contributed by atoms with Crippen LogP contribution in [-0.4, -0.2) is 19.9 Å². The van der Waals surface area contributed by atoms with Crippen LogP contribution in [0.25, 0.3) is 39.4 Å². The number of halogens is 4. The van der Waals surface area contributed by atoms with Crippen molar-refractivity contribution in [2.45, 2.75) is 6.18 Å². The Bertz CT molecular complexity index is 1520. The molecule has 0 saturated heterocycles. The van der Waals surface area contributed by atoms with Crippen LogP contribution in [0.3, 0.4) is 0 Å². The molecule has 3 aromatic carbocycles. The molecule has 10 heteroatoms. The number of hydrogen-bond donors (Lipinski definition) is 0. The molecule has 0 radical (unpaired) electrons. The fourth-order valence-electron chi connectivity index (χ4n) is 3.35. The first-order valence-electron chi connectivity index (χ1n) is 9.61. The van der Waals surface area contributed by atoms with Crippen molar-refractivity contribution in [2.24, 2.45) is 0 Å². The summed E-state index contributed by atoms with van der Waals surface area (Å²) in [5.41, 5.74) is -0.386. The molecule has 5 aromatic rings. The molecule has 0 aliphatic carbocycles. The van der Waals surface area contributed by atoms with Gasteiger partial charge in [-0.05, 0) is 42.5 Å². The minimum absolute atomic E-state index is 0.0306. The summed E-state index contributed by atoms with van der Waals surface area (Å²) in [5.74, 6) is -0.438. The Kier molecular flexibility index (Phi) is 4.77. The summed E-state index contributed by atoms with van der Waals surface area (Å²) in [6.45, 7) is 0. The van der Waals surface area contributed by atoms with Gasteiger partial charge in [-0.3, -0.25) is 4.79 Å². The van der Waals surface area contributed by atoms with Gasteiger partial charge in [-0.2, -0.15) is 27.9 Å². The first kappa shape index (κ1) is 20.6. The van der Waals surface area contributed by atoms with Gasteiger partial charge < -0.3 is 4.52 Å². The fraction of sp³-hybridized carbons (Fsp3) is 0.0435. The van der Waals surface area contributed by atoms with E-state index in [0.29, 0.717) is 22.0 Å². The molecule has 0 spiro atoms. The Morgan fingerprint density at radius 2 is 1.52 bits per heavy atom. The molecule has 164 valence electrons. The van der Waals surface area contributed by atoms with Crippen LogP contribution < -0.4 is 5.56 Å². The van der Waals surface area contributed by atoms with Crippen molar-refractivity contribution < 1.29 is 22.1 Å². The van der Waals surface area contributed by atoms with Crippen molar-refractivity contribution in [3.63, 3.8) is 0 Å². The first-order valence-corrected chi connectivity index (χ1v) is 9.61. The number of fused-ring (bicyclic) bond motifs is 1. The van der Waals surface area contributed by atoms with Crippen LogP contribution in [0.5, 0.6) is 0 Å². The minimum Gasteiger partial charge on any atom is -0.332 e. The highest BCUT2D eigenvalue weighted by molar-refractivity contribution is 5.92. The van der Waals surface area contributed by atoms with Crippen molar-refractivity contribution in [3.8, 4) is 28.7 Å². The van der Waals surface area contributed by atoms with E-state index < -0.39 is 23.1 Å². The van der Waals surface area contributed by atoms with Crippen molar-refractivity contribution in [1.82, 2.24) is 19.9 Å². The maximum Gasteiger partial charge on any atom is 0.416 e. The van der Waals surface area contributed by atoms with E-state index in [-0.39, 0.29) is 17.4 Å². The zero-order valence-electron chi connectivity index (χ0n) is 16.5. The van der Waals surface area contributed by atoms with Gasteiger partial charge in [0.2, 0.25) is 5.82 Å². The normalized spacial score (nSPS) is 11.8. The molecule has 0 N–H and O–H groups in total. The lowest BCUT2D eigenvalue weighted by Crippen LogP contribution is -2.22. The van der Waals surface area contributed by atoms with Gasteiger partial charge in [0.25, 0.3) is 11.4 Å². The molecule has 5 rings (SSSR count). The number of rotatable bonds is 3. The second-order valence-corrected chi connectivity index (χ2v) is 7.09. The van der Waals surface area contributed by atoms with E-state index in [9.17, 15) is 22.4 Å². The largest absolute Gasteiger partial charge is 0.416 e. The second kappa shape index (κ2) is 7.66. The van der Waals surface area contributed by atoms with Crippen LogP contribution in [0, 0.1) is 5.82 Å². The van der Waals surface area contributed by atoms with Crippen LogP contribution in [-0.2, 0) is 6.18 Å². The first-order chi connectivity index (χ1) is 15.8. The summed E-state index contributed by atoms with van der Waals surface area (Å²) < 4.78 is 58.3. The van der Waals surface area contributed by atoms with Crippen LogP contribution in [0.1, 0.15) is 5.56 Å². The molecule has 0 aliphatic heterocycles. The predicted octanol–water partition coefficient (Wildman–Crippen LogP) is 5.26. The molecule has 0 atom stereocenters. The third kappa shape index (κ3) is 3.75. The number of nitrogens with zero attached hydrogens (tertiary/aromatic N) is 4. The second-order valence-electron chi connectivity index (χ2n) is 7.09. The Labute approximate surface area is 182 Å². The van der Waals surface area contributed by atoms with E-state index in [4.69, 9.17) is 4.52 Å². The van der Waals surface area contributed by atoms with Gasteiger partial charge >= 0.3 is 6.18 Å². The number of aromatic nitrogens is 4. The minimum atomic E-state index is -4.46. The maximum absolute atomic E-state index is 13.4. The van der Waals surface area contributed by atoms with Crippen molar-refractivity contribution in [1.29, 1.82) is 0 Å². The van der Waals surface area contributed by atoms with Gasteiger partial charge in [-0.25, -0.2) is 4.39 Å². The predicted molar refractivity (Wildman–Crippen MR) is 111 cm³/mol. The molecule has 2 aromatic heterocycles. The molecule has 33 heavy (non-hydrogen) atoms. The summed E-state index contributed by atoms with van der Waals surface area (Å²) >= 11 is 0. The standard InChI is InChI=1S/C23H12F4N4O2/c24-15-9-11-16(12-10-15)31-22(32)18-4-2-1-3-17(18)19(29-31)21-28-20(30-33-21)13-5-7-14(8-6-13)23(25,26)27/h1-12H. The molecule has 0 saturated carbocycles. The molecular weight excluding hydrogens is 440 g/mol. The maximum atomic E-state index is 13.4. The van der Waals surface area contributed by atoms with Gasteiger partial charge in [-0.15, -0.1) is 0 Å². The third-order valence-electron chi connectivity index (χ3n) is 4.98. The van der Waals surface area contributed by atoms with Gasteiger partial charge in [0.05, 0.1) is 16.6 Å². The van der Waals surface area contributed by atoms with Gasteiger partial charge in [0, 0.05) is 10.9 Å². The molecule has 0 aliphatic rings. The lowest BCUT2D eigenvalue weighted by atomic mass is 10.1. The zero-order valence-corrected chi connectivity index (χ0v) is 16.5. The summed E-state index contributed by atoms with van der Waals surface area (Å²) in [4.78, 5) is 17.3. The molecule has 0 amide bonds. The number of benzene rings is 3. The molecule has 0 unspecified atom stereocenters. The summed E-state index contributed by atoms with van der Waals surface area (Å²) in [5, 5.41) is 8.98. The average Bonchev–Trinajstić information content (AvgIpc) is 3.30. The van der Waals surface area contributed by atoms with Crippen molar-refractivity contribution >= 4 is 10.8 Å². The topological polar surface area (TPSA) is 73.8 Å². The van der Waals surface area contributed by atoms with Gasteiger partial charge in [0.15, 0.2) is 5.69 Å². The van der Waals surface area contributed by atoms with Crippen LogP contribution >= 0.6 is 0 Å². The lowest BCUT2D eigenvalue weighted by molar-refractivity contribution is -0.137. The molecular formula is C23H12F4N4O2. The highest BCUT2D eigenvalue weighted by Crippen LogP contribution is 2.31. The zero-order chi connectivity index (χ0) is 23.2. The highest BCUT2D eigenvalue weighted by Gasteiger charge is 2.30. The monoisotopic (exact) mass is 452 g/mol. The van der Waals surface area contributed by atoms with E-state index in [1.165, 1.54) is 36.4 Å². The smallest absolute Gasteiger partial charge is 0.332 e. The Balaban J connectivity index is 1.63. The quantitative estimate of drug-likeness (QED) is 0.349. The number of hydrogen-bond acceptors (Lipinski definition) is 5. The van der Waals surface area contributed by atoms with E-state index in [1.54, 1.807) is 24.3 Å². The average molecular weight is 452 g/mol. The van der Waals surface area contributed by atoms with Crippen LogP contribution in [0.15, 0.2) is 82.1 Å². The molecule has 0 bridgehead atoms. The van der Waals surface area contributed by atoms with E-state index >= 15 is 0 Å².